The van der Waals surface area contributed by atoms with Crippen LogP contribution in [0.3, 0.4) is 0 Å². The molecule has 0 aliphatic carbocycles. The summed E-state index contributed by atoms with van der Waals surface area (Å²) in [4.78, 5) is 19.6. The second kappa shape index (κ2) is 7.53. The Morgan fingerprint density at radius 3 is 2.75 bits per heavy atom. The number of carbonyl (C=O) groups excluding carboxylic acids is 1. The molecular formula is C18H19ClN2O3. The molecule has 0 unspecified atom stereocenters. The average Bonchev–Trinajstić information content (AvgIpc) is 3.23. The smallest absolute Gasteiger partial charge is 0.222 e. The molecule has 0 fully saturated rings. The highest BCUT2D eigenvalue weighted by molar-refractivity contribution is 6.29. The zero-order valence-electron chi connectivity index (χ0n) is 13.4. The predicted molar refractivity (Wildman–Crippen MR) is 91.9 cm³/mol. The zero-order valence-corrected chi connectivity index (χ0v) is 14.2. The number of hydrogen-bond acceptors (Lipinski definition) is 4. The number of oxime groups is 1. The largest absolute Gasteiger partial charge is 0.443 e. The monoisotopic (exact) mass is 346 g/mol. The van der Waals surface area contributed by atoms with Crippen molar-refractivity contribution in [3.05, 3.63) is 59.0 Å². The van der Waals surface area contributed by atoms with Gasteiger partial charge in [0.05, 0.1) is 6.54 Å². The van der Waals surface area contributed by atoms with E-state index < -0.39 is 0 Å². The van der Waals surface area contributed by atoms with Crippen LogP contribution in [-0.4, -0.2) is 29.2 Å². The van der Waals surface area contributed by atoms with Crippen LogP contribution in [0.5, 0.6) is 0 Å². The first-order chi connectivity index (χ1) is 11.7. The fourth-order valence-corrected chi connectivity index (χ4v) is 2.82. The molecule has 0 saturated heterocycles. The topological polar surface area (TPSA) is 55.0 Å². The predicted octanol–water partition coefficient (Wildman–Crippen LogP) is 3.86. The number of furan rings is 1. The third kappa shape index (κ3) is 3.97. The van der Waals surface area contributed by atoms with Crippen LogP contribution in [-0.2, 0) is 16.2 Å². The maximum Gasteiger partial charge on any atom is 0.222 e. The standard InChI is InChI=1S/C18H19ClN2O3/c1-2-18(22)21(11-13-6-4-3-5-7-13)12-14-10-15(20-24-14)16-8-9-17(19)23-16/h3-9,14H,2,10-12H2,1H3/t14-/m0/s1. The molecule has 0 N–H and O–H groups in total. The summed E-state index contributed by atoms with van der Waals surface area (Å²) in [7, 11) is 0. The van der Waals surface area contributed by atoms with Gasteiger partial charge in [-0.2, -0.15) is 0 Å². The van der Waals surface area contributed by atoms with E-state index in [4.69, 9.17) is 20.9 Å². The van der Waals surface area contributed by atoms with Crippen molar-refractivity contribution in [1.82, 2.24) is 4.90 Å². The van der Waals surface area contributed by atoms with Crippen LogP contribution in [0.4, 0.5) is 0 Å². The van der Waals surface area contributed by atoms with E-state index in [9.17, 15) is 4.79 Å². The molecule has 2 aromatic rings. The number of carbonyl (C=O) groups is 1. The summed E-state index contributed by atoms with van der Waals surface area (Å²) < 4.78 is 5.36. The van der Waals surface area contributed by atoms with E-state index in [-0.39, 0.29) is 12.0 Å². The van der Waals surface area contributed by atoms with Crippen molar-refractivity contribution < 1.29 is 14.0 Å². The highest BCUT2D eigenvalue weighted by Gasteiger charge is 2.27. The maximum absolute atomic E-state index is 12.3. The molecular weight excluding hydrogens is 328 g/mol. The molecule has 1 aromatic carbocycles. The van der Waals surface area contributed by atoms with Crippen LogP contribution >= 0.6 is 11.6 Å². The first-order valence-corrected chi connectivity index (χ1v) is 8.33. The van der Waals surface area contributed by atoms with Gasteiger partial charge in [-0.05, 0) is 29.3 Å². The minimum absolute atomic E-state index is 0.0944. The normalized spacial score (nSPS) is 16.6. The fourth-order valence-electron chi connectivity index (χ4n) is 2.67. The third-order valence-electron chi connectivity index (χ3n) is 3.89. The first-order valence-electron chi connectivity index (χ1n) is 7.95. The van der Waals surface area contributed by atoms with Gasteiger partial charge in [0.15, 0.2) is 17.1 Å². The lowest BCUT2D eigenvalue weighted by atomic mass is 10.1. The van der Waals surface area contributed by atoms with Crippen LogP contribution < -0.4 is 0 Å². The van der Waals surface area contributed by atoms with Crippen molar-refractivity contribution in [3.8, 4) is 0 Å². The summed E-state index contributed by atoms with van der Waals surface area (Å²) in [5, 5.41) is 4.39. The van der Waals surface area contributed by atoms with Crippen LogP contribution in [0.2, 0.25) is 5.22 Å². The molecule has 0 spiro atoms. The van der Waals surface area contributed by atoms with Crippen LogP contribution in [0.15, 0.2) is 52.0 Å². The Morgan fingerprint density at radius 1 is 1.29 bits per heavy atom. The fraction of sp³-hybridized carbons (Fsp3) is 0.333. The van der Waals surface area contributed by atoms with Crippen molar-refractivity contribution in [2.45, 2.75) is 32.4 Å². The second-order valence-electron chi connectivity index (χ2n) is 5.69. The summed E-state index contributed by atoms with van der Waals surface area (Å²) in [6, 6.07) is 13.4. The summed E-state index contributed by atoms with van der Waals surface area (Å²) in [5.74, 6) is 0.705. The minimum Gasteiger partial charge on any atom is -0.443 e. The average molecular weight is 347 g/mol. The molecule has 1 aliphatic rings. The molecule has 126 valence electrons. The number of nitrogens with zero attached hydrogens (tertiary/aromatic N) is 2. The van der Waals surface area contributed by atoms with Gasteiger partial charge in [-0.1, -0.05) is 42.4 Å². The van der Waals surface area contributed by atoms with Crippen molar-refractivity contribution >= 4 is 23.2 Å². The van der Waals surface area contributed by atoms with Crippen molar-refractivity contribution in [3.63, 3.8) is 0 Å². The van der Waals surface area contributed by atoms with Gasteiger partial charge >= 0.3 is 0 Å². The molecule has 24 heavy (non-hydrogen) atoms. The minimum atomic E-state index is -0.178. The number of hydrogen-bond donors (Lipinski definition) is 0. The Balaban J connectivity index is 1.63. The molecule has 1 aromatic heterocycles. The summed E-state index contributed by atoms with van der Waals surface area (Å²) in [5.41, 5.74) is 1.81. The number of amides is 1. The van der Waals surface area contributed by atoms with Gasteiger partial charge in [0.2, 0.25) is 5.91 Å². The van der Waals surface area contributed by atoms with Gasteiger partial charge < -0.3 is 14.2 Å². The molecule has 5 nitrogen and oxygen atoms in total. The van der Waals surface area contributed by atoms with Crippen LogP contribution in [0.25, 0.3) is 0 Å². The van der Waals surface area contributed by atoms with Crippen molar-refractivity contribution in [2.75, 3.05) is 6.54 Å². The van der Waals surface area contributed by atoms with E-state index in [1.165, 1.54) is 0 Å². The lowest BCUT2D eigenvalue weighted by molar-refractivity contribution is -0.133. The lowest BCUT2D eigenvalue weighted by Crippen LogP contribution is -2.36. The van der Waals surface area contributed by atoms with Gasteiger partial charge in [-0.25, -0.2) is 0 Å². The van der Waals surface area contributed by atoms with Crippen LogP contribution in [0.1, 0.15) is 31.1 Å². The molecule has 0 saturated carbocycles. The van der Waals surface area contributed by atoms with Gasteiger partial charge in [0, 0.05) is 19.4 Å². The van der Waals surface area contributed by atoms with E-state index >= 15 is 0 Å². The first kappa shape index (κ1) is 16.6. The van der Waals surface area contributed by atoms with Gasteiger partial charge in [0.25, 0.3) is 0 Å². The van der Waals surface area contributed by atoms with E-state index in [2.05, 4.69) is 5.16 Å². The quantitative estimate of drug-likeness (QED) is 0.798. The van der Waals surface area contributed by atoms with E-state index in [0.717, 1.165) is 11.3 Å². The van der Waals surface area contributed by atoms with Gasteiger partial charge in [-0.15, -0.1) is 0 Å². The summed E-state index contributed by atoms with van der Waals surface area (Å²) in [6.45, 7) is 2.92. The maximum atomic E-state index is 12.3. The molecule has 0 bridgehead atoms. The Hall–Kier alpha value is -2.27. The molecule has 3 rings (SSSR count). The van der Waals surface area contributed by atoms with Crippen LogP contribution in [0, 0.1) is 0 Å². The van der Waals surface area contributed by atoms with E-state index in [1.807, 2.05) is 42.2 Å². The third-order valence-corrected chi connectivity index (χ3v) is 4.09. The van der Waals surface area contributed by atoms with E-state index in [1.54, 1.807) is 12.1 Å². The Morgan fingerprint density at radius 2 is 2.08 bits per heavy atom. The highest BCUT2D eigenvalue weighted by atomic mass is 35.5. The van der Waals surface area contributed by atoms with E-state index in [0.29, 0.717) is 36.9 Å². The van der Waals surface area contributed by atoms with Gasteiger partial charge in [0.1, 0.15) is 5.71 Å². The molecule has 2 heterocycles. The SMILES string of the molecule is CCC(=O)N(Cc1ccccc1)C[C@@H]1CC(c2ccc(Cl)o2)=NO1. The summed E-state index contributed by atoms with van der Waals surface area (Å²) in [6.07, 6.45) is 0.871. The van der Waals surface area contributed by atoms with Crippen molar-refractivity contribution in [2.24, 2.45) is 5.16 Å². The number of halogens is 1. The second-order valence-corrected chi connectivity index (χ2v) is 6.06. The van der Waals surface area contributed by atoms with Crippen molar-refractivity contribution in [1.29, 1.82) is 0 Å². The molecule has 1 atom stereocenters. The lowest BCUT2D eigenvalue weighted by Gasteiger charge is -2.24. The Labute approximate surface area is 145 Å². The number of benzene rings is 1. The Kier molecular flexibility index (Phi) is 5.20. The molecule has 6 heteroatoms. The van der Waals surface area contributed by atoms with Gasteiger partial charge in [-0.3, -0.25) is 4.79 Å². The summed E-state index contributed by atoms with van der Waals surface area (Å²) >= 11 is 5.79. The molecule has 1 amide bonds. The highest BCUT2D eigenvalue weighted by Crippen LogP contribution is 2.22. The number of rotatable bonds is 6. The molecule has 0 radical (unpaired) electrons. The zero-order chi connectivity index (χ0) is 16.9. The Bertz CT molecular complexity index is 727. The molecule has 1 aliphatic heterocycles.